The summed E-state index contributed by atoms with van der Waals surface area (Å²) in [7, 11) is 0. The van der Waals surface area contributed by atoms with Crippen LogP contribution in [0.5, 0.6) is 0 Å². The van der Waals surface area contributed by atoms with Crippen molar-refractivity contribution in [2.24, 2.45) is 0 Å². The van der Waals surface area contributed by atoms with Crippen molar-refractivity contribution in [3.05, 3.63) is 24.3 Å². The first-order chi connectivity index (χ1) is 27.1. The number of aliphatic hydroxyl groups is 8. The number of hydrogen-bond donors (Lipinski definition) is 9. The summed E-state index contributed by atoms with van der Waals surface area (Å²) in [6, 6.07) is -0.829. The molecule has 0 radical (unpaired) electrons. The van der Waals surface area contributed by atoms with E-state index >= 15 is 0 Å². The van der Waals surface area contributed by atoms with E-state index in [9.17, 15) is 45.6 Å². The molecule has 0 spiro atoms. The van der Waals surface area contributed by atoms with Crippen LogP contribution in [0.4, 0.5) is 0 Å². The number of allylic oxidation sites excluding steroid dienone is 4. The van der Waals surface area contributed by atoms with Gasteiger partial charge in [0.2, 0.25) is 5.91 Å². The molecule has 56 heavy (non-hydrogen) atoms. The van der Waals surface area contributed by atoms with Crippen LogP contribution < -0.4 is 5.32 Å². The number of rotatable bonds is 31. The molecule has 0 aromatic heterocycles. The Morgan fingerprint density at radius 2 is 1.18 bits per heavy atom. The van der Waals surface area contributed by atoms with E-state index in [2.05, 4.69) is 43.5 Å². The standard InChI is InChI=1S/C42H77NO13/c1-3-5-7-9-11-12-13-14-15-16-17-18-20-22-24-26-34(47)43-30(31(46)25-23-21-19-10-8-6-4-2)29-53-41-39(52)37(50)40(33(28-45)55-41)56-42-38(51)36(49)35(48)32(27-44)54-42/h11-12,14-15,30-33,35-42,44-46,48-52H,3-10,13,16-29H2,1-2H3,(H,43,47)/b12-11-,15-14-. The summed E-state index contributed by atoms with van der Waals surface area (Å²) in [5.41, 5.74) is 0. The third kappa shape index (κ3) is 19.0. The van der Waals surface area contributed by atoms with Gasteiger partial charge in [0.05, 0.1) is 32.0 Å². The van der Waals surface area contributed by atoms with Crippen molar-refractivity contribution in [2.45, 2.75) is 216 Å². The Bertz CT molecular complexity index is 1050. The second-order valence-electron chi connectivity index (χ2n) is 15.5. The highest BCUT2D eigenvalue weighted by atomic mass is 16.7. The van der Waals surface area contributed by atoms with Gasteiger partial charge in [0.15, 0.2) is 12.6 Å². The fourth-order valence-electron chi connectivity index (χ4n) is 7.03. The molecule has 2 heterocycles. The van der Waals surface area contributed by atoms with Gasteiger partial charge < -0.3 is 65.1 Å². The van der Waals surface area contributed by atoms with E-state index in [0.29, 0.717) is 12.8 Å². The summed E-state index contributed by atoms with van der Waals surface area (Å²) in [6.07, 6.45) is 12.2. The second-order valence-corrected chi connectivity index (χ2v) is 15.5. The van der Waals surface area contributed by atoms with Gasteiger partial charge in [-0.15, -0.1) is 0 Å². The van der Waals surface area contributed by atoms with E-state index < -0.39 is 86.8 Å². The summed E-state index contributed by atoms with van der Waals surface area (Å²) in [5, 5.41) is 86.2. The highest BCUT2D eigenvalue weighted by Gasteiger charge is 2.50. The molecule has 2 fully saturated rings. The van der Waals surface area contributed by atoms with Gasteiger partial charge in [-0.3, -0.25) is 4.79 Å². The molecule has 0 aromatic rings. The third-order valence-corrected chi connectivity index (χ3v) is 10.7. The SMILES string of the molecule is CCCCC/C=C\C/C=C\CCCCCCCC(=O)NC(COC1OC(CO)C(OC2OC(CO)C(O)C(O)C2O)C(O)C1O)C(O)CCCCCCCCC. The van der Waals surface area contributed by atoms with E-state index in [4.69, 9.17) is 18.9 Å². The van der Waals surface area contributed by atoms with Gasteiger partial charge in [0.1, 0.15) is 48.8 Å². The van der Waals surface area contributed by atoms with Crippen LogP contribution in [0.15, 0.2) is 24.3 Å². The molecule has 0 aromatic carbocycles. The zero-order valence-electron chi connectivity index (χ0n) is 34.1. The molecule has 12 unspecified atom stereocenters. The Kier molecular flexibility index (Phi) is 27.6. The molecule has 14 nitrogen and oxygen atoms in total. The van der Waals surface area contributed by atoms with E-state index in [-0.39, 0.29) is 18.9 Å². The van der Waals surface area contributed by atoms with Gasteiger partial charge in [-0.1, -0.05) is 115 Å². The van der Waals surface area contributed by atoms with Gasteiger partial charge in [-0.2, -0.15) is 0 Å². The summed E-state index contributed by atoms with van der Waals surface area (Å²) in [4.78, 5) is 13.0. The fourth-order valence-corrected chi connectivity index (χ4v) is 7.03. The van der Waals surface area contributed by atoms with Crippen LogP contribution in [-0.4, -0.2) is 140 Å². The lowest BCUT2D eigenvalue weighted by Crippen LogP contribution is -2.65. The Morgan fingerprint density at radius 1 is 0.643 bits per heavy atom. The van der Waals surface area contributed by atoms with E-state index in [1.165, 1.54) is 32.1 Å². The second kappa shape index (κ2) is 30.5. The fraction of sp³-hybridized carbons (Fsp3) is 0.881. The topological polar surface area (TPSA) is 228 Å². The monoisotopic (exact) mass is 804 g/mol. The molecular formula is C42H77NO13. The lowest BCUT2D eigenvalue weighted by molar-refractivity contribution is -0.359. The number of carbonyl (C=O) groups excluding carboxylic acids is 1. The Labute approximate surface area is 335 Å². The van der Waals surface area contributed by atoms with Crippen molar-refractivity contribution in [2.75, 3.05) is 19.8 Å². The lowest BCUT2D eigenvalue weighted by atomic mass is 9.97. The first-order valence-electron chi connectivity index (χ1n) is 21.6. The Hall–Kier alpha value is -1.53. The van der Waals surface area contributed by atoms with Crippen LogP contribution in [0.3, 0.4) is 0 Å². The van der Waals surface area contributed by atoms with Crippen LogP contribution in [0.25, 0.3) is 0 Å². The Balaban J connectivity index is 1.87. The van der Waals surface area contributed by atoms with Crippen molar-refractivity contribution < 1.29 is 64.6 Å². The van der Waals surface area contributed by atoms with Crippen molar-refractivity contribution in [1.82, 2.24) is 5.32 Å². The number of ether oxygens (including phenoxy) is 4. The van der Waals surface area contributed by atoms with Crippen molar-refractivity contribution in [1.29, 1.82) is 0 Å². The molecule has 2 saturated heterocycles. The molecule has 14 heteroatoms. The van der Waals surface area contributed by atoms with Crippen LogP contribution in [0.2, 0.25) is 0 Å². The quantitative estimate of drug-likeness (QED) is 0.0362. The number of nitrogens with one attached hydrogen (secondary N) is 1. The van der Waals surface area contributed by atoms with Gasteiger partial charge in [0, 0.05) is 6.42 Å². The van der Waals surface area contributed by atoms with Crippen molar-refractivity contribution in [3.8, 4) is 0 Å². The minimum absolute atomic E-state index is 0.228. The molecule has 2 rings (SSSR count). The number of carbonyl (C=O) groups is 1. The van der Waals surface area contributed by atoms with Crippen molar-refractivity contribution >= 4 is 5.91 Å². The van der Waals surface area contributed by atoms with Gasteiger partial charge in [-0.05, 0) is 44.9 Å². The lowest BCUT2D eigenvalue weighted by Gasteiger charge is -2.46. The maximum atomic E-state index is 13.0. The van der Waals surface area contributed by atoms with Crippen LogP contribution in [0, 0.1) is 0 Å². The molecule has 0 saturated carbocycles. The Morgan fingerprint density at radius 3 is 1.82 bits per heavy atom. The predicted octanol–water partition coefficient (Wildman–Crippen LogP) is 3.43. The van der Waals surface area contributed by atoms with Gasteiger partial charge in [-0.25, -0.2) is 0 Å². The summed E-state index contributed by atoms with van der Waals surface area (Å²) < 4.78 is 22.6. The number of aliphatic hydroxyl groups excluding tert-OH is 8. The third-order valence-electron chi connectivity index (χ3n) is 10.7. The molecule has 328 valence electrons. The number of unbranched alkanes of at least 4 members (excludes halogenated alkanes) is 14. The van der Waals surface area contributed by atoms with Crippen LogP contribution in [0.1, 0.15) is 142 Å². The van der Waals surface area contributed by atoms with Gasteiger partial charge in [0.25, 0.3) is 0 Å². The highest BCUT2D eigenvalue weighted by molar-refractivity contribution is 5.76. The average Bonchev–Trinajstić information content (AvgIpc) is 3.19. The smallest absolute Gasteiger partial charge is 0.220 e. The normalized spacial score (nSPS) is 29.6. The molecule has 0 aliphatic carbocycles. The zero-order chi connectivity index (χ0) is 41.1. The van der Waals surface area contributed by atoms with E-state index in [0.717, 1.165) is 77.0 Å². The average molecular weight is 804 g/mol. The number of hydrogen-bond acceptors (Lipinski definition) is 13. The molecule has 9 N–H and O–H groups in total. The summed E-state index contributed by atoms with van der Waals surface area (Å²) in [5.74, 6) is -0.228. The van der Waals surface area contributed by atoms with Gasteiger partial charge >= 0.3 is 0 Å². The molecular weight excluding hydrogens is 726 g/mol. The number of amides is 1. The molecule has 2 aliphatic rings. The minimum Gasteiger partial charge on any atom is -0.394 e. The first-order valence-corrected chi connectivity index (χ1v) is 21.6. The highest BCUT2D eigenvalue weighted by Crippen LogP contribution is 2.30. The minimum atomic E-state index is -1.78. The molecule has 0 bridgehead atoms. The van der Waals surface area contributed by atoms with E-state index in [1.807, 2.05) is 0 Å². The largest absolute Gasteiger partial charge is 0.394 e. The molecule has 1 amide bonds. The maximum absolute atomic E-state index is 13.0. The van der Waals surface area contributed by atoms with Crippen molar-refractivity contribution in [3.63, 3.8) is 0 Å². The maximum Gasteiger partial charge on any atom is 0.220 e. The molecule has 12 atom stereocenters. The van der Waals surface area contributed by atoms with Crippen LogP contribution >= 0.6 is 0 Å². The molecule has 2 aliphatic heterocycles. The summed E-state index contributed by atoms with van der Waals surface area (Å²) >= 11 is 0. The first kappa shape index (κ1) is 50.6. The predicted molar refractivity (Wildman–Crippen MR) is 212 cm³/mol. The summed E-state index contributed by atoms with van der Waals surface area (Å²) in [6.45, 7) is 2.72. The van der Waals surface area contributed by atoms with Crippen LogP contribution in [-0.2, 0) is 23.7 Å². The zero-order valence-corrected chi connectivity index (χ0v) is 34.1. The van der Waals surface area contributed by atoms with E-state index in [1.54, 1.807) is 0 Å².